The number of rotatable bonds is 4. The number of aliphatic hydroxyl groups excluding tert-OH is 1. The van der Waals surface area contributed by atoms with Gasteiger partial charge in [-0.3, -0.25) is 0 Å². The molecule has 1 aromatic rings. The molecule has 2 rings (SSSR count). The number of nitrogens with one attached hydrogen (secondary N) is 1. The van der Waals surface area contributed by atoms with E-state index in [0.29, 0.717) is 12.0 Å². The van der Waals surface area contributed by atoms with E-state index in [0.717, 1.165) is 19.4 Å². The predicted octanol–water partition coefficient (Wildman–Crippen LogP) is 3.12. The van der Waals surface area contributed by atoms with Crippen molar-refractivity contribution in [2.75, 3.05) is 6.54 Å². The first-order valence-corrected chi connectivity index (χ1v) is 7.07. The maximum absolute atomic E-state index is 9.83. The van der Waals surface area contributed by atoms with Crippen LogP contribution in [-0.2, 0) is 0 Å². The van der Waals surface area contributed by atoms with Gasteiger partial charge in [0.2, 0.25) is 0 Å². The van der Waals surface area contributed by atoms with Crippen LogP contribution in [0, 0.1) is 19.8 Å². The minimum Gasteiger partial charge on any atom is -0.393 e. The Hall–Kier alpha value is -0.860. The van der Waals surface area contributed by atoms with E-state index in [2.05, 4.69) is 44.3 Å². The first-order chi connectivity index (χ1) is 8.59. The van der Waals surface area contributed by atoms with Gasteiger partial charge in [0.1, 0.15) is 0 Å². The molecule has 1 aliphatic carbocycles. The Morgan fingerprint density at radius 3 is 2.78 bits per heavy atom. The third-order valence-corrected chi connectivity index (χ3v) is 4.42. The molecule has 2 N–H and O–H groups in total. The molecule has 2 nitrogen and oxygen atoms in total. The van der Waals surface area contributed by atoms with E-state index in [-0.39, 0.29) is 6.10 Å². The first-order valence-electron chi connectivity index (χ1n) is 7.07. The van der Waals surface area contributed by atoms with Gasteiger partial charge in [0.05, 0.1) is 6.10 Å². The standard InChI is InChI=1S/C16H25NO/c1-11-6-4-8-15(12(11)2)13(3)17-10-14-7-5-9-16(14)18/h4,6,8,13-14,16-18H,5,7,9-10H2,1-3H3. The van der Waals surface area contributed by atoms with Gasteiger partial charge in [-0.25, -0.2) is 0 Å². The Balaban J connectivity index is 1.95. The minimum absolute atomic E-state index is 0.0942. The van der Waals surface area contributed by atoms with Crippen LogP contribution in [0.25, 0.3) is 0 Å². The topological polar surface area (TPSA) is 32.3 Å². The minimum atomic E-state index is -0.0942. The highest BCUT2D eigenvalue weighted by atomic mass is 16.3. The molecule has 0 amide bonds. The van der Waals surface area contributed by atoms with Crippen molar-refractivity contribution in [1.82, 2.24) is 5.32 Å². The molecule has 1 fully saturated rings. The van der Waals surface area contributed by atoms with E-state index in [1.165, 1.54) is 23.1 Å². The molecule has 0 bridgehead atoms. The van der Waals surface area contributed by atoms with Crippen molar-refractivity contribution in [3.8, 4) is 0 Å². The fraction of sp³-hybridized carbons (Fsp3) is 0.625. The summed E-state index contributed by atoms with van der Waals surface area (Å²) in [4.78, 5) is 0. The van der Waals surface area contributed by atoms with Crippen molar-refractivity contribution in [1.29, 1.82) is 0 Å². The second-order valence-electron chi connectivity index (χ2n) is 5.68. The fourth-order valence-electron chi connectivity index (χ4n) is 2.94. The van der Waals surface area contributed by atoms with Gasteiger partial charge < -0.3 is 10.4 Å². The van der Waals surface area contributed by atoms with E-state index in [9.17, 15) is 5.11 Å². The Bertz CT molecular complexity index is 402. The van der Waals surface area contributed by atoms with Crippen molar-refractivity contribution in [2.45, 2.75) is 52.2 Å². The smallest absolute Gasteiger partial charge is 0.0580 e. The average molecular weight is 247 g/mol. The zero-order valence-corrected chi connectivity index (χ0v) is 11.7. The van der Waals surface area contributed by atoms with Crippen LogP contribution >= 0.6 is 0 Å². The summed E-state index contributed by atoms with van der Waals surface area (Å²) in [6.07, 6.45) is 3.21. The van der Waals surface area contributed by atoms with Gasteiger partial charge in [-0.2, -0.15) is 0 Å². The molecule has 0 spiro atoms. The highest BCUT2D eigenvalue weighted by Crippen LogP contribution is 2.26. The van der Waals surface area contributed by atoms with Gasteiger partial charge in [0.25, 0.3) is 0 Å². The summed E-state index contributed by atoms with van der Waals surface area (Å²) in [5.41, 5.74) is 4.11. The number of benzene rings is 1. The highest BCUT2D eigenvalue weighted by molar-refractivity contribution is 5.35. The quantitative estimate of drug-likeness (QED) is 0.857. The third-order valence-electron chi connectivity index (χ3n) is 4.42. The zero-order valence-electron chi connectivity index (χ0n) is 11.7. The molecule has 1 aliphatic rings. The van der Waals surface area contributed by atoms with Crippen LogP contribution in [-0.4, -0.2) is 17.8 Å². The van der Waals surface area contributed by atoms with Gasteiger partial charge >= 0.3 is 0 Å². The van der Waals surface area contributed by atoms with Crippen molar-refractivity contribution in [3.05, 3.63) is 34.9 Å². The summed E-state index contributed by atoms with van der Waals surface area (Å²) < 4.78 is 0. The van der Waals surface area contributed by atoms with Crippen LogP contribution in [0.2, 0.25) is 0 Å². The summed E-state index contributed by atoms with van der Waals surface area (Å²) in [6, 6.07) is 6.84. The van der Waals surface area contributed by atoms with Gasteiger partial charge in [0.15, 0.2) is 0 Å². The maximum atomic E-state index is 9.83. The van der Waals surface area contributed by atoms with Gasteiger partial charge in [-0.1, -0.05) is 24.6 Å². The second kappa shape index (κ2) is 5.85. The molecule has 3 unspecified atom stereocenters. The van der Waals surface area contributed by atoms with E-state index in [1.54, 1.807) is 0 Å². The van der Waals surface area contributed by atoms with Crippen molar-refractivity contribution in [3.63, 3.8) is 0 Å². The monoisotopic (exact) mass is 247 g/mol. The molecule has 0 aromatic heterocycles. The van der Waals surface area contributed by atoms with Gasteiger partial charge in [0, 0.05) is 12.6 Å². The van der Waals surface area contributed by atoms with Gasteiger partial charge in [-0.15, -0.1) is 0 Å². The summed E-state index contributed by atoms with van der Waals surface area (Å²) in [5, 5.41) is 13.4. The number of hydrogen-bond acceptors (Lipinski definition) is 2. The van der Waals surface area contributed by atoms with E-state index >= 15 is 0 Å². The summed E-state index contributed by atoms with van der Waals surface area (Å²) in [5.74, 6) is 0.442. The molecule has 2 heteroatoms. The lowest BCUT2D eigenvalue weighted by Gasteiger charge is -2.21. The lowest BCUT2D eigenvalue weighted by atomic mass is 9.97. The maximum Gasteiger partial charge on any atom is 0.0580 e. The lowest BCUT2D eigenvalue weighted by Crippen LogP contribution is -2.30. The van der Waals surface area contributed by atoms with Crippen LogP contribution in [0.1, 0.15) is 48.9 Å². The first kappa shape index (κ1) is 13.6. The van der Waals surface area contributed by atoms with E-state index in [1.807, 2.05) is 0 Å². The predicted molar refractivity (Wildman–Crippen MR) is 75.7 cm³/mol. The molecule has 0 aliphatic heterocycles. The molecule has 0 heterocycles. The van der Waals surface area contributed by atoms with Crippen LogP contribution < -0.4 is 5.32 Å². The van der Waals surface area contributed by atoms with E-state index < -0.39 is 0 Å². The molecular formula is C16H25NO. The molecule has 100 valence electrons. The Morgan fingerprint density at radius 1 is 1.33 bits per heavy atom. The van der Waals surface area contributed by atoms with Crippen molar-refractivity contribution >= 4 is 0 Å². The number of aliphatic hydroxyl groups is 1. The SMILES string of the molecule is Cc1cccc(C(C)NCC2CCCC2O)c1C. The largest absolute Gasteiger partial charge is 0.393 e. The third kappa shape index (κ3) is 2.93. The number of aryl methyl sites for hydroxylation is 1. The molecule has 1 aromatic carbocycles. The van der Waals surface area contributed by atoms with Crippen molar-refractivity contribution in [2.24, 2.45) is 5.92 Å². The van der Waals surface area contributed by atoms with Crippen LogP contribution in [0.15, 0.2) is 18.2 Å². The summed E-state index contributed by atoms with van der Waals surface area (Å²) >= 11 is 0. The summed E-state index contributed by atoms with van der Waals surface area (Å²) in [6.45, 7) is 7.48. The molecule has 18 heavy (non-hydrogen) atoms. The Labute approximate surface area is 110 Å². The average Bonchev–Trinajstić information content (AvgIpc) is 2.75. The molecule has 0 saturated heterocycles. The van der Waals surface area contributed by atoms with Crippen LogP contribution in [0.3, 0.4) is 0 Å². The van der Waals surface area contributed by atoms with Crippen LogP contribution in [0.4, 0.5) is 0 Å². The summed E-state index contributed by atoms with van der Waals surface area (Å²) in [7, 11) is 0. The Morgan fingerprint density at radius 2 is 2.11 bits per heavy atom. The number of hydrogen-bond donors (Lipinski definition) is 2. The van der Waals surface area contributed by atoms with E-state index in [4.69, 9.17) is 0 Å². The highest BCUT2D eigenvalue weighted by Gasteiger charge is 2.25. The Kier molecular flexibility index (Phi) is 4.41. The zero-order chi connectivity index (χ0) is 13.1. The fourth-order valence-corrected chi connectivity index (χ4v) is 2.94. The van der Waals surface area contributed by atoms with Crippen LogP contribution in [0.5, 0.6) is 0 Å². The normalized spacial score (nSPS) is 25.3. The molecule has 3 atom stereocenters. The van der Waals surface area contributed by atoms with Gasteiger partial charge in [-0.05, 0) is 56.2 Å². The lowest BCUT2D eigenvalue weighted by molar-refractivity contribution is 0.130. The molecular weight excluding hydrogens is 222 g/mol. The molecule has 1 saturated carbocycles. The molecule has 0 radical (unpaired) electrons. The van der Waals surface area contributed by atoms with Crippen molar-refractivity contribution < 1.29 is 5.11 Å². The second-order valence-corrected chi connectivity index (χ2v) is 5.68.